The Bertz CT molecular complexity index is 853. The number of hydrazine groups is 1. The molecule has 3 amide bonds. The van der Waals surface area contributed by atoms with Gasteiger partial charge >= 0.3 is 0 Å². The first kappa shape index (κ1) is 21.7. The summed E-state index contributed by atoms with van der Waals surface area (Å²) in [5.41, 5.74) is 5.46. The molecule has 0 unspecified atom stereocenters. The van der Waals surface area contributed by atoms with Crippen molar-refractivity contribution in [3.05, 3.63) is 59.7 Å². The van der Waals surface area contributed by atoms with Crippen molar-refractivity contribution in [3.8, 4) is 11.5 Å². The number of nitrogens with one attached hydrogen (secondary N) is 3. The van der Waals surface area contributed by atoms with Crippen LogP contribution in [0.2, 0.25) is 0 Å². The second kappa shape index (κ2) is 10.7. The summed E-state index contributed by atoms with van der Waals surface area (Å²) in [6.45, 7) is 3.92. The van der Waals surface area contributed by atoms with Gasteiger partial charge in [0.05, 0.1) is 13.2 Å². The SMILES string of the molecule is COc1cc(C(=O)NNC(=O)CCNC(=O)c2ccccc2)ccc1OC(C)C. The zero-order valence-corrected chi connectivity index (χ0v) is 16.7. The average molecular weight is 399 g/mol. The van der Waals surface area contributed by atoms with Gasteiger partial charge in [-0.3, -0.25) is 25.2 Å². The highest BCUT2D eigenvalue weighted by Crippen LogP contribution is 2.28. The molecule has 0 saturated carbocycles. The van der Waals surface area contributed by atoms with E-state index in [-0.39, 0.29) is 25.0 Å². The maximum absolute atomic E-state index is 12.2. The lowest BCUT2D eigenvalue weighted by Gasteiger charge is -2.14. The predicted molar refractivity (Wildman–Crippen MR) is 108 cm³/mol. The van der Waals surface area contributed by atoms with E-state index in [0.29, 0.717) is 22.6 Å². The van der Waals surface area contributed by atoms with E-state index < -0.39 is 11.8 Å². The van der Waals surface area contributed by atoms with Crippen molar-refractivity contribution in [2.75, 3.05) is 13.7 Å². The summed E-state index contributed by atoms with van der Waals surface area (Å²) in [6.07, 6.45) is -0.0196. The Morgan fingerprint density at radius 3 is 2.28 bits per heavy atom. The number of carbonyl (C=O) groups excluding carboxylic acids is 3. The molecule has 0 aliphatic rings. The number of methoxy groups -OCH3 is 1. The van der Waals surface area contributed by atoms with Crippen LogP contribution in [0.25, 0.3) is 0 Å². The molecule has 0 bridgehead atoms. The van der Waals surface area contributed by atoms with Gasteiger partial charge in [-0.05, 0) is 44.2 Å². The maximum Gasteiger partial charge on any atom is 0.269 e. The van der Waals surface area contributed by atoms with Crippen molar-refractivity contribution in [2.24, 2.45) is 0 Å². The van der Waals surface area contributed by atoms with Gasteiger partial charge in [-0.15, -0.1) is 0 Å². The molecular formula is C21H25N3O5. The monoisotopic (exact) mass is 399 g/mol. The third kappa shape index (κ3) is 6.84. The standard InChI is InChI=1S/C21H25N3O5/c1-14(2)29-17-10-9-16(13-18(17)28-3)21(27)24-23-19(25)11-12-22-20(26)15-7-5-4-6-8-15/h4-10,13-14H,11-12H2,1-3H3,(H,22,26)(H,23,25)(H,24,27). The molecule has 0 spiro atoms. The number of hydrogen-bond acceptors (Lipinski definition) is 5. The third-order valence-corrected chi connectivity index (χ3v) is 3.78. The van der Waals surface area contributed by atoms with E-state index in [2.05, 4.69) is 16.2 Å². The van der Waals surface area contributed by atoms with E-state index >= 15 is 0 Å². The summed E-state index contributed by atoms with van der Waals surface area (Å²) in [5, 5.41) is 2.64. The van der Waals surface area contributed by atoms with Crippen LogP contribution in [-0.2, 0) is 4.79 Å². The second-order valence-corrected chi connectivity index (χ2v) is 6.41. The quantitative estimate of drug-likeness (QED) is 0.589. The molecule has 0 radical (unpaired) electrons. The fourth-order valence-corrected chi connectivity index (χ4v) is 2.40. The van der Waals surface area contributed by atoms with Crippen molar-refractivity contribution in [2.45, 2.75) is 26.4 Å². The van der Waals surface area contributed by atoms with Crippen LogP contribution in [0.1, 0.15) is 41.0 Å². The number of benzene rings is 2. The molecule has 2 aromatic rings. The zero-order chi connectivity index (χ0) is 21.2. The minimum atomic E-state index is -0.499. The molecule has 8 heteroatoms. The molecule has 154 valence electrons. The van der Waals surface area contributed by atoms with Gasteiger partial charge < -0.3 is 14.8 Å². The van der Waals surface area contributed by atoms with E-state index in [1.807, 2.05) is 19.9 Å². The normalized spacial score (nSPS) is 10.2. The first-order valence-corrected chi connectivity index (χ1v) is 9.18. The Morgan fingerprint density at radius 1 is 0.897 bits per heavy atom. The molecule has 8 nitrogen and oxygen atoms in total. The van der Waals surface area contributed by atoms with Crippen LogP contribution in [0, 0.1) is 0 Å². The van der Waals surface area contributed by atoms with E-state index in [4.69, 9.17) is 9.47 Å². The molecule has 0 saturated heterocycles. The highest BCUT2D eigenvalue weighted by Gasteiger charge is 2.13. The van der Waals surface area contributed by atoms with Gasteiger partial charge in [0.25, 0.3) is 11.8 Å². The number of rotatable bonds is 8. The number of hydrogen-bond donors (Lipinski definition) is 3. The Hall–Kier alpha value is -3.55. The zero-order valence-electron chi connectivity index (χ0n) is 16.7. The van der Waals surface area contributed by atoms with Gasteiger partial charge in [-0.25, -0.2) is 0 Å². The van der Waals surface area contributed by atoms with E-state index in [0.717, 1.165) is 0 Å². The summed E-state index contributed by atoms with van der Waals surface area (Å²) in [7, 11) is 1.48. The lowest BCUT2D eigenvalue weighted by molar-refractivity contribution is -0.121. The summed E-state index contributed by atoms with van der Waals surface area (Å²) >= 11 is 0. The minimum absolute atomic E-state index is 0.0172. The summed E-state index contributed by atoms with van der Waals surface area (Å²) in [4.78, 5) is 36.0. The van der Waals surface area contributed by atoms with Crippen molar-refractivity contribution in [1.82, 2.24) is 16.2 Å². The lowest BCUT2D eigenvalue weighted by Crippen LogP contribution is -2.42. The van der Waals surface area contributed by atoms with Crippen LogP contribution in [-0.4, -0.2) is 37.5 Å². The largest absolute Gasteiger partial charge is 0.493 e. The van der Waals surface area contributed by atoms with E-state index in [1.165, 1.54) is 13.2 Å². The first-order valence-electron chi connectivity index (χ1n) is 9.18. The predicted octanol–water partition coefficient (Wildman–Crippen LogP) is 2.06. The van der Waals surface area contributed by atoms with Gasteiger partial charge in [0.1, 0.15) is 0 Å². The van der Waals surface area contributed by atoms with Crippen LogP contribution in [0.3, 0.4) is 0 Å². The summed E-state index contributed by atoms with van der Waals surface area (Å²) in [6, 6.07) is 13.4. The molecule has 0 aliphatic heterocycles. The number of ether oxygens (including phenoxy) is 2. The lowest BCUT2D eigenvalue weighted by atomic mass is 10.2. The number of amides is 3. The smallest absolute Gasteiger partial charge is 0.269 e. The Balaban J connectivity index is 1.79. The minimum Gasteiger partial charge on any atom is -0.493 e. The van der Waals surface area contributed by atoms with Crippen molar-refractivity contribution < 1.29 is 23.9 Å². The highest BCUT2D eigenvalue weighted by molar-refractivity contribution is 5.96. The van der Waals surface area contributed by atoms with Crippen LogP contribution in [0.5, 0.6) is 11.5 Å². The molecular weight excluding hydrogens is 374 g/mol. The Labute approximate surface area is 169 Å². The molecule has 0 fully saturated rings. The highest BCUT2D eigenvalue weighted by atomic mass is 16.5. The second-order valence-electron chi connectivity index (χ2n) is 6.41. The van der Waals surface area contributed by atoms with Gasteiger partial charge in [0, 0.05) is 24.1 Å². The van der Waals surface area contributed by atoms with Crippen LogP contribution >= 0.6 is 0 Å². The molecule has 29 heavy (non-hydrogen) atoms. The molecule has 2 rings (SSSR count). The van der Waals surface area contributed by atoms with E-state index in [1.54, 1.807) is 36.4 Å². The Morgan fingerprint density at radius 2 is 1.62 bits per heavy atom. The summed E-state index contributed by atoms with van der Waals surface area (Å²) < 4.78 is 10.8. The first-order chi connectivity index (χ1) is 13.9. The van der Waals surface area contributed by atoms with Crippen molar-refractivity contribution in [3.63, 3.8) is 0 Å². The molecule has 3 N–H and O–H groups in total. The molecule has 0 aliphatic carbocycles. The van der Waals surface area contributed by atoms with E-state index in [9.17, 15) is 14.4 Å². The Kier molecular flexibility index (Phi) is 8.02. The number of carbonyl (C=O) groups is 3. The van der Waals surface area contributed by atoms with Gasteiger partial charge in [0.15, 0.2) is 11.5 Å². The topological polar surface area (TPSA) is 106 Å². The van der Waals surface area contributed by atoms with Crippen LogP contribution in [0.15, 0.2) is 48.5 Å². The summed E-state index contributed by atoms with van der Waals surface area (Å²) in [5.74, 6) is -0.253. The molecule has 0 atom stereocenters. The fraction of sp³-hybridized carbons (Fsp3) is 0.286. The van der Waals surface area contributed by atoms with Crippen molar-refractivity contribution in [1.29, 1.82) is 0 Å². The fourth-order valence-electron chi connectivity index (χ4n) is 2.40. The third-order valence-electron chi connectivity index (χ3n) is 3.78. The average Bonchev–Trinajstić information content (AvgIpc) is 2.72. The van der Waals surface area contributed by atoms with Crippen LogP contribution < -0.4 is 25.6 Å². The van der Waals surface area contributed by atoms with Gasteiger partial charge in [0.2, 0.25) is 5.91 Å². The van der Waals surface area contributed by atoms with Gasteiger partial charge in [-0.1, -0.05) is 18.2 Å². The molecule has 0 aromatic heterocycles. The molecule has 0 heterocycles. The van der Waals surface area contributed by atoms with Gasteiger partial charge in [-0.2, -0.15) is 0 Å². The van der Waals surface area contributed by atoms with Crippen LogP contribution in [0.4, 0.5) is 0 Å². The van der Waals surface area contributed by atoms with Crippen molar-refractivity contribution >= 4 is 17.7 Å². The maximum atomic E-state index is 12.2. The molecule has 2 aromatic carbocycles.